The lowest BCUT2D eigenvalue weighted by molar-refractivity contribution is 0.100. The Morgan fingerprint density at radius 2 is 1.72 bits per heavy atom. The number of pyridine rings is 1. The molecule has 0 saturated heterocycles. The molecule has 0 aliphatic carbocycles. The van der Waals surface area contributed by atoms with E-state index in [0.29, 0.717) is 33.8 Å². The van der Waals surface area contributed by atoms with Gasteiger partial charge < -0.3 is 14.7 Å². The van der Waals surface area contributed by atoms with Crippen LogP contribution in [0.25, 0.3) is 27.7 Å². The van der Waals surface area contributed by atoms with Gasteiger partial charge in [-0.3, -0.25) is 9.59 Å². The maximum atomic E-state index is 13.8. The molecule has 2 N–H and O–H groups in total. The van der Waals surface area contributed by atoms with E-state index in [-0.39, 0.29) is 16.8 Å². The van der Waals surface area contributed by atoms with Crippen LogP contribution in [-0.4, -0.2) is 25.6 Å². The molecule has 3 aromatic heterocycles. The third kappa shape index (κ3) is 3.38. The Balaban J connectivity index is 1.81. The Labute approximate surface area is 207 Å². The number of ketones is 1. The van der Waals surface area contributed by atoms with Gasteiger partial charge in [-0.1, -0.05) is 17.7 Å². The smallest absolute Gasteiger partial charge is 0.250 e. The van der Waals surface area contributed by atoms with Gasteiger partial charge in [-0.15, -0.1) is 0 Å². The molecule has 36 heavy (non-hydrogen) atoms. The van der Waals surface area contributed by atoms with Crippen molar-refractivity contribution >= 4 is 39.8 Å². The molecule has 0 atom stereocenters. The number of aryl methyl sites for hydroxylation is 3. The number of benzene rings is 2. The zero-order valence-electron chi connectivity index (χ0n) is 19.3. The number of primary amides is 1. The summed E-state index contributed by atoms with van der Waals surface area (Å²) in [6.45, 7) is 3.71. The standard InChI is InChI=1S/C26H18ClF3N4O2/c1-11-7-18-23(32-12(2)33(18)3)21(27)20(11)14-5-4-6-34-19(10-15(24(14)34)26(31)36)25(35)13-8-16(28)22(30)17(29)9-13/h4-10H,1-3H3,(H2,31,36). The van der Waals surface area contributed by atoms with Crippen LogP contribution in [0.5, 0.6) is 0 Å². The highest BCUT2D eigenvalue weighted by Crippen LogP contribution is 2.40. The van der Waals surface area contributed by atoms with Crippen molar-refractivity contribution in [1.29, 1.82) is 0 Å². The van der Waals surface area contributed by atoms with E-state index in [1.807, 2.05) is 31.5 Å². The summed E-state index contributed by atoms with van der Waals surface area (Å²) in [4.78, 5) is 30.2. The number of carbonyl (C=O) groups excluding carboxylic acids is 2. The van der Waals surface area contributed by atoms with E-state index >= 15 is 0 Å². The van der Waals surface area contributed by atoms with Crippen molar-refractivity contribution in [2.24, 2.45) is 12.8 Å². The highest BCUT2D eigenvalue weighted by molar-refractivity contribution is 6.38. The number of carbonyl (C=O) groups is 2. The van der Waals surface area contributed by atoms with Crippen LogP contribution >= 0.6 is 11.6 Å². The first-order valence-corrected chi connectivity index (χ1v) is 11.1. The van der Waals surface area contributed by atoms with Crippen LogP contribution in [0.4, 0.5) is 13.2 Å². The van der Waals surface area contributed by atoms with Crippen molar-refractivity contribution in [3.05, 3.63) is 93.3 Å². The first-order chi connectivity index (χ1) is 17.0. The highest BCUT2D eigenvalue weighted by Gasteiger charge is 2.26. The molecule has 0 radical (unpaired) electrons. The predicted molar refractivity (Wildman–Crippen MR) is 130 cm³/mol. The predicted octanol–water partition coefficient (Wildman–Crippen LogP) is 5.51. The van der Waals surface area contributed by atoms with Gasteiger partial charge >= 0.3 is 0 Å². The second-order valence-corrected chi connectivity index (χ2v) is 8.88. The number of nitrogens with zero attached hydrogens (tertiary/aromatic N) is 3. The van der Waals surface area contributed by atoms with Crippen LogP contribution in [0.15, 0.2) is 42.6 Å². The maximum absolute atomic E-state index is 13.8. The van der Waals surface area contributed by atoms with E-state index in [0.717, 1.165) is 16.9 Å². The number of rotatable bonds is 4. The number of halogens is 4. The van der Waals surface area contributed by atoms with Crippen molar-refractivity contribution in [3.63, 3.8) is 0 Å². The minimum Gasteiger partial charge on any atom is -0.366 e. The summed E-state index contributed by atoms with van der Waals surface area (Å²) in [5.74, 6) is -5.58. The van der Waals surface area contributed by atoms with Gasteiger partial charge in [0.05, 0.1) is 27.3 Å². The van der Waals surface area contributed by atoms with Gasteiger partial charge in [0.2, 0.25) is 5.78 Å². The molecule has 0 aliphatic rings. The molecule has 5 aromatic rings. The van der Waals surface area contributed by atoms with E-state index in [9.17, 15) is 22.8 Å². The van der Waals surface area contributed by atoms with E-state index in [4.69, 9.17) is 17.3 Å². The van der Waals surface area contributed by atoms with Crippen molar-refractivity contribution in [1.82, 2.24) is 14.0 Å². The topological polar surface area (TPSA) is 82.4 Å². The molecule has 2 aromatic carbocycles. The highest BCUT2D eigenvalue weighted by atomic mass is 35.5. The van der Waals surface area contributed by atoms with Gasteiger partial charge in [0.1, 0.15) is 11.3 Å². The van der Waals surface area contributed by atoms with Crippen LogP contribution < -0.4 is 5.73 Å². The molecule has 3 heterocycles. The normalized spacial score (nSPS) is 11.5. The summed E-state index contributed by atoms with van der Waals surface area (Å²) in [5, 5.41) is 0.356. The Bertz CT molecular complexity index is 1750. The Morgan fingerprint density at radius 1 is 1.06 bits per heavy atom. The fourth-order valence-corrected chi connectivity index (χ4v) is 4.90. The van der Waals surface area contributed by atoms with Crippen LogP contribution in [0, 0.1) is 31.3 Å². The minimum absolute atomic E-state index is 0.00442. The number of aromatic nitrogens is 3. The monoisotopic (exact) mass is 510 g/mol. The second kappa shape index (κ2) is 8.23. The van der Waals surface area contributed by atoms with Gasteiger partial charge in [-0.2, -0.15) is 0 Å². The maximum Gasteiger partial charge on any atom is 0.250 e. The van der Waals surface area contributed by atoms with E-state index in [1.54, 1.807) is 12.1 Å². The summed E-state index contributed by atoms with van der Waals surface area (Å²) in [7, 11) is 1.87. The van der Waals surface area contributed by atoms with Gasteiger partial charge in [-0.25, -0.2) is 18.2 Å². The fraction of sp³-hybridized carbons (Fsp3) is 0.115. The summed E-state index contributed by atoms with van der Waals surface area (Å²) >= 11 is 6.83. The average Bonchev–Trinajstić information content (AvgIpc) is 3.36. The molecule has 6 nitrogen and oxygen atoms in total. The molecule has 0 saturated carbocycles. The molecule has 0 spiro atoms. The van der Waals surface area contributed by atoms with E-state index < -0.39 is 34.7 Å². The van der Waals surface area contributed by atoms with Gasteiger partial charge in [0.25, 0.3) is 5.91 Å². The van der Waals surface area contributed by atoms with Crippen LogP contribution in [0.3, 0.4) is 0 Å². The van der Waals surface area contributed by atoms with Gasteiger partial charge in [-0.05, 0) is 49.7 Å². The summed E-state index contributed by atoms with van der Waals surface area (Å²) in [6, 6.07) is 7.74. The van der Waals surface area contributed by atoms with Gasteiger partial charge in [0.15, 0.2) is 17.5 Å². The van der Waals surface area contributed by atoms with E-state index in [1.165, 1.54) is 16.7 Å². The number of nitrogens with two attached hydrogens (primary N) is 1. The number of fused-ring (bicyclic) bond motifs is 2. The third-order valence-corrected chi connectivity index (χ3v) is 6.71. The summed E-state index contributed by atoms with van der Waals surface area (Å²) < 4.78 is 44.4. The second-order valence-electron chi connectivity index (χ2n) is 8.50. The number of hydrogen-bond acceptors (Lipinski definition) is 3. The largest absolute Gasteiger partial charge is 0.366 e. The van der Waals surface area contributed by atoms with Crippen LogP contribution in [0.2, 0.25) is 5.02 Å². The molecule has 0 aliphatic heterocycles. The number of imidazole rings is 1. The molecule has 0 unspecified atom stereocenters. The average molecular weight is 511 g/mol. The third-order valence-electron chi connectivity index (χ3n) is 6.34. The van der Waals surface area contributed by atoms with Crippen molar-refractivity contribution in [2.45, 2.75) is 13.8 Å². The molecular weight excluding hydrogens is 493 g/mol. The molecular formula is C26H18ClF3N4O2. The number of amides is 1. The molecule has 1 amide bonds. The lowest BCUT2D eigenvalue weighted by Crippen LogP contribution is -2.10. The number of hydrogen-bond donors (Lipinski definition) is 1. The molecule has 0 bridgehead atoms. The molecule has 0 fully saturated rings. The Hall–Kier alpha value is -4.11. The first kappa shape index (κ1) is 23.6. The zero-order valence-corrected chi connectivity index (χ0v) is 20.0. The van der Waals surface area contributed by atoms with E-state index in [2.05, 4.69) is 4.98 Å². The first-order valence-electron chi connectivity index (χ1n) is 10.8. The fourth-order valence-electron chi connectivity index (χ4n) is 4.51. The molecule has 5 rings (SSSR count). The Morgan fingerprint density at radius 3 is 2.36 bits per heavy atom. The van der Waals surface area contributed by atoms with Crippen molar-refractivity contribution < 1.29 is 22.8 Å². The quantitative estimate of drug-likeness (QED) is 0.256. The van der Waals surface area contributed by atoms with Crippen molar-refractivity contribution in [2.75, 3.05) is 0 Å². The van der Waals surface area contributed by atoms with Crippen molar-refractivity contribution in [3.8, 4) is 11.1 Å². The molecule has 10 heteroatoms. The lowest BCUT2D eigenvalue weighted by Gasteiger charge is -2.13. The molecule has 182 valence electrons. The Kier molecular flexibility index (Phi) is 5.40. The summed E-state index contributed by atoms with van der Waals surface area (Å²) in [6.07, 6.45) is 1.52. The SMILES string of the molecule is Cc1cc2c(nc(C)n2C)c(Cl)c1-c1cccn2c(C(=O)c3cc(F)c(F)c(F)c3)cc(C(N)=O)c12. The summed E-state index contributed by atoms with van der Waals surface area (Å²) in [5.41, 5.74) is 8.71. The lowest BCUT2D eigenvalue weighted by atomic mass is 9.98. The van der Waals surface area contributed by atoms with Crippen LogP contribution in [-0.2, 0) is 7.05 Å². The van der Waals surface area contributed by atoms with Gasteiger partial charge in [0, 0.05) is 29.9 Å². The minimum atomic E-state index is -1.68. The zero-order chi connectivity index (χ0) is 26.0. The van der Waals surface area contributed by atoms with Crippen LogP contribution in [0.1, 0.15) is 37.8 Å².